The number of carbonyl (C=O) groups excluding carboxylic acids is 1. The summed E-state index contributed by atoms with van der Waals surface area (Å²) in [5, 5.41) is 0. The normalized spacial score (nSPS) is 14.9. The maximum Gasteiger partial charge on any atom is 0.410 e. The number of amidine groups is 1. The van der Waals surface area contributed by atoms with Crippen LogP contribution in [0.25, 0.3) is 0 Å². The Balaban J connectivity index is 1.33. The molecule has 1 saturated heterocycles. The average Bonchev–Trinajstić information content (AvgIpc) is 3.04. The first-order valence-electron chi connectivity index (χ1n) is 11.0. The lowest BCUT2D eigenvalue weighted by molar-refractivity contribution is 0.0826. The van der Waals surface area contributed by atoms with E-state index in [0.29, 0.717) is 31.9 Å². The molecule has 0 aliphatic carbocycles. The second kappa shape index (κ2) is 9.24. The zero-order valence-electron chi connectivity index (χ0n) is 18.4. The average molecular weight is 444 g/mol. The van der Waals surface area contributed by atoms with Crippen LogP contribution in [0.4, 0.5) is 10.5 Å². The lowest BCUT2D eigenvalue weighted by atomic mass is 10.1. The fraction of sp³-hybridized carbons (Fsp3) is 0.231. The van der Waals surface area contributed by atoms with Gasteiger partial charge in [0.2, 0.25) is 0 Å². The minimum Gasteiger partial charge on any atom is -0.497 e. The van der Waals surface area contributed by atoms with Crippen LogP contribution in [-0.4, -0.2) is 55.0 Å². The molecule has 168 valence electrons. The number of hydrogen-bond donors (Lipinski definition) is 0. The van der Waals surface area contributed by atoms with Gasteiger partial charge in [-0.1, -0.05) is 42.5 Å². The van der Waals surface area contributed by atoms with Crippen molar-refractivity contribution in [2.24, 2.45) is 4.99 Å². The Hall–Kier alpha value is -4.00. The lowest BCUT2D eigenvalue weighted by Gasteiger charge is -2.36. The van der Waals surface area contributed by atoms with Crippen LogP contribution in [0.1, 0.15) is 11.1 Å². The number of methoxy groups -OCH3 is 1. The van der Waals surface area contributed by atoms with Crippen molar-refractivity contribution in [1.29, 1.82) is 0 Å². The monoisotopic (exact) mass is 443 g/mol. The molecular formula is C26H25N3O4. The van der Waals surface area contributed by atoms with Gasteiger partial charge in [0.05, 0.1) is 12.7 Å². The van der Waals surface area contributed by atoms with Gasteiger partial charge in [-0.3, -0.25) is 0 Å². The summed E-state index contributed by atoms with van der Waals surface area (Å²) in [6.45, 7) is 2.65. The molecule has 33 heavy (non-hydrogen) atoms. The molecule has 2 aliphatic heterocycles. The second-order valence-corrected chi connectivity index (χ2v) is 7.88. The molecule has 7 heteroatoms. The van der Waals surface area contributed by atoms with Crippen molar-refractivity contribution in [3.8, 4) is 17.2 Å². The summed E-state index contributed by atoms with van der Waals surface area (Å²) in [6, 6.07) is 23.2. The maximum atomic E-state index is 12.6. The number of amides is 1. The summed E-state index contributed by atoms with van der Waals surface area (Å²) in [7, 11) is 1.64. The van der Waals surface area contributed by atoms with E-state index >= 15 is 0 Å². The lowest BCUT2D eigenvalue weighted by Crippen LogP contribution is -2.50. The third-order valence-corrected chi connectivity index (χ3v) is 5.78. The summed E-state index contributed by atoms with van der Waals surface area (Å²) in [4.78, 5) is 21.5. The summed E-state index contributed by atoms with van der Waals surface area (Å²) >= 11 is 0. The predicted octanol–water partition coefficient (Wildman–Crippen LogP) is 4.83. The van der Waals surface area contributed by atoms with E-state index in [-0.39, 0.29) is 12.7 Å². The number of piperazine rings is 1. The molecule has 3 aromatic carbocycles. The quantitative estimate of drug-likeness (QED) is 0.580. The van der Waals surface area contributed by atoms with Crippen molar-refractivity contribution in [3.05, 3.63) is 83.9 Å². The number of fused-ring (bicyclic) bond motifs is 2. The van der Waals surface area contributed by atoms with Crippen LogP contribution < -0.4 is 9.47 Å². The molecule has 0 aromatic heterocycles. The Bertz CT molecular complexity index is 1170. The number of para-hydroxylation sites is 2. The number of rotatable bonds is 3. The van der Waals surface area contributed by atoms with Crippen LogP contribution in [0.15, 0.2) is 77.8 Å². The number of aliphatic imine (C=N–C) groups is 1. The van der Waals surface area contributed by atoms with Gasteiger partial charge in [-0.05, 0) is 35.9 Å². The van der Waals surface area contributed by atoms with Gasteiger partial charge in [0.15, 0.2) is 5.75 Å². The number of nitrogens with zero attached hydrogens (tertiary/aromatic N) is 3. The van der Waals surface area contributed by atoms with Crippen molar-refractivity contribution in [1.82, 2.24) is 9.80 Å². The molecule has 0 N–H and O–H groups in total. The van der Waals surface area contributed by atoms with Gasteiger partial charge in [0.1, 0.15) is 29.6 Å². The Morgan fingerprint density at radius 1 is 0.939 bits per heavy atom. The summed E-state index contributed by atoms with van der Waals surface area (Å²) in [5.41, 5.74) is 2.61. The minimum absolute atomic E-state index is 0.272. The zero-order chi connectivity index (χ0) is 22.6. The smallest absolute Gasteiger partial charge is 0.410 e. The molecule has 0 bridgehead atoms. The SMILES string of the molecule is COc1ccc2c(c1)C(N1CCN(C(=O)OCc3ccccc3)CC1)=Nc1ccccc1O2. The molecule has 0 spiro atoms. The third-order valence-electron chi connectivity index (χ3n) is 5.78. The second-order valence-electron chi connectivity index (χ2n) is 7.88. The summed E-state index contributed by atoms with van der Waals surface area (Å²) in [5.74, 6) is 2.98. The molecule has 0 unspecified atom stereocenters. The largest absolute Gasteiger partial charge is 0.497 e. The van der Waals surface area contributed by atoms with Gasteiger partial charge in [-0.2, -0.15) is 0 Å². The van der Waals surface area contributed by atoms with Crippen LogP contribution in [0.2, 0.25) is 0 Å². The zero-order valence-corrected chi connectivity index (χ0v) is 18.4. The van der Waals surface area contributed by atoms with E-state index < -0.39 is 0 Å². The molecule has 1 amide bonds. The highest BCUT2D eigenvalue weighted by molar-refractivity contribution is 6.04. The number of ether oxygens (including phenoxy) is 3. The fourth-order valence-electron chi connectivity index (χ4n) is 3.98. The van der Waals surface area contributed by atoms with E-state index in [0.717, 1.165) is 34.1 Å². The van der Waals surface area contributed by atoms with E-state index in [1.165, 1.54) is 0 Å². The van der Waals surface area contributed by atoms with Crippen LogP contribution in [0, 0.1) is 0 Å². The molecule has 0 radical (unpaired) electrons. The maximum absolute atomic E-state index is 12.6. The highest BCUT2D eigenvalue weighted by Gasteiger charge is 2.28. The van der Waals surface area contributed by atoms with Gasteiger partial charge in [0, 0.05) is 26.2 Å². The van der Waals surface area contributed by atoms with Gasteiger partial charge < -0.3 is 24.0 Å². The van der Waals surface area contributed by atoms with E-state index in [9.17, 15) is 4.79 Å². The Labute approximate surface area is 192 Å². The molecule has 3 aromatic rings. The Morgan fingerprint density at radius 3 is 2.48 bits per heavy atom. The van der Waals surface area contributed by atoms with Crippen LogP contribution >= 0.6 is 0 Å². The topological polar surface area (TPSA) is 63.6 Å². The van der Waals surface area contributed by atoms with Crippen molar-refractivity contribution >= 4 is 17.6 Å². The molecule has 0 saturated carbocycles. The predicted molar refractivity (Wildman–Crippen MR) is 125 cm³/mol. The molecular weight excluding hydrogens is 418 g/mol. The van der Waals surface area contributed by atoms with Crippen molar-refractivity contribution in [3.63, 3.8) is 0 Å². The van der Waals surface area contributed by atoms with Crippen LogP contribution in [0.5, 0.6) is 17.2 Å². The highest BCUT2D eigenvalue weighted by atomic mass is 16.6. The first-order valence-corrected chi connectivity index (χ1v) is 11.0. The first kappa shape index (κ1) is 20.9. The first-order chi connectivity index (χ1) is 16.2. The molecule has 1 fully saturated rings. The number of carbonyl (C=O) groups is 1. The van der Waals surface area contributed by atoms with Gasteiger partial charge in [0.25, 0.3) is 0 Å². The molecule has 2 heterocycles. The van der Waals surface area contributed by atoms with Crippen LogP contribution in [0.3, 0.4) is 0 Å². The molecule has 5 rings (SSSR count). The number of benzene rings is 3. The van der Waals surface area contributed by atoms with Gasteiger partial charge in [-0.15, -0.1) is 0 Å². The Kier molecular flexibility index (Phi) is 5.85. The minimum atomic E-state index is -0.294. The molecule has 0 atom stereocenters. The molecule has 7 nitrogen and oxygen atoms in total. The van der Waals surface area contributed by atoms with E-state index in [1.54, 1.807) is 12.0 Å². The van der Waals surface area contributed by atoms with Gasteiger partial charge >= 0.3 is 6.09 Å². The summed E-state index contributed by atoms with van der Waals surface area (Å²) < 4.78 is 17.1. The standard InChI is InChI=1S/C26H25N3O4/c1-31-20-11-12-23-21(17-20)25(27-22-9-5-6-10-24(22)33-23)28-13-15-29(16-14-28)26(30)32-18-19-7-3-2-4-8-19/h2-12,17H,13-16,18H2,1H3. The fourth-order valence-corrected chi connectivity index (χ4v) is 3.98. The van der Waals surface area contributed by atoms with Crippen molar-refractivity contribution in [2.75, 3.05) is 33.3 Å². The highest BCUT2D eigenvalue weighted by Crippen LogP contribution is 2.39. The van der Waals surface area contributed by atoms with E-state index in [1.807, 2.05) is 72.8 Å². The molecule has 2 aliphatic rings. The Morgan fingerprint density at radius 2 is 1.70 bits per heavy atom. The van der Waals surface area contributed by atoms with E-state index in [2.05, 4.69) is 4.90 Å². The van der Waals surface area contributed by atoms with Crippen molar-refractivity contribution < 1.29 is 19.0 Å². The number of hydrogen-bond acceptors (Lipinski definition) is 6. The summed E-state index contributed by atoms with van der Waals surface area (Å²) in [6.07, 6.45) is -0.294. The third kappa shape index (κ3) is 4.48. The van der Waals surface area contributed by atoms with E-state index in [4.69, 9.17) is 19.2 Å². The van der Waals surface area contributed by atoms with Crippen LogP contribution in [-0.2, 0) is 11.3 Å². The van der Waals surface area contributed by atoms with Gasteiger partial charge in [-0.25, -0.2) is 9.79 Å². The van der Waals surface area contributed by atoms with Crippen molar-refractivity contribution in [2.45, 2.75) is 6.61 Å².